The van der Waals surface area contributed by atoms with Crippen LogP contribution in [0.5, 0.6) is 0 Å². The van der Waals surface area contributed by atoms with Gasteiger partial charge in [0.2, 0.25) is 0 Å². The number of hydrogen-bond acceptors (Lipinski definition) is 5. The minimum absolute atomic E-state index is 0.0355. The van der Waals surface area contributed by atoms with Crippen molar-refractivity contribution in [3.05, 3.63) is 0 Å². The Morgan fingerprint density at radius 2 is 1.47 bits per heavy atom. The van der Waals surface area contributed by atoms with E-state index in [1.807, 2.05) is 13.8 Å². The van der Waals surface area contributed by atoms with Crippen molar-refractivity contribution >= 4 is 5.97 Å². The maximum atomic E-state index is 10.7. The quantitative estimate of drug-likeness (QED) is 0.427. The van der Waals surface area contributed by atoms with Gasteiger partial charge in [-0.2, -0.15) is 0 Å². The first-order valence-electron chi connectivity index (χ1n) is 6.93. The lowest BCUT2D eigenvalue weighted by molar-refractivity contribution is -0.150. The van der Waals surface area contributed by atoms with Gasteiger partial charge in [0.05, 0.1) is 32.0 Å². The summed E-state index contributed by atoms with van der Waals surface area (Å²) in [5, 5.41) is 0. The summed E-state index contributed by atoms with van der Waals surface area (Å²) in [5.41, 5.74) is 0. The third kappa shape index (κ3) is 12.1. The van der Waals surface area contributed by atoms with E-state index in [1.165, 1.54) is 6.92 Å². The van der Waals surface area contributed by atoms with Crippen molar-refractivity contribution < 1.29 is 23.7 Å². The Hall–Kier alpha value is -0.650. The Bertz CT molecular complexity index is 232. The van der Waals surface area contributed by atoms with E-state index in [9.17, 15) is 4.79 Å². The molecule has 0 aliphatic heterocycles. The fourth-order valence-electron chi connectivity index (χ4n) is 1.41. The van der Waals surface area contributed by atoms with E-state index in [0.29, 0.717) is 19.8 Å². The molecule has 0 aromatic heterocycles. The van der Waals surface area contributed by atoms with Crippen molar-refractivity contribution in [2.24, 2.45) is 0 Å². The fourth-order valence-corrected chi connectivity index (χ4v) is 1.41. The van der Waals surface area contributed by atoms with E-state index in [2.05, 4.69) is 6.92 Å². The SMILES string of the molecule is CCCOCC(C)OCC(C)OCC(C)OC(C)=O. The van der Waals surface area contributed by atoms with Crippen LogP contribution in [0.25, 0.3) is 0 Å². The average molecular weight is 276 g/mol. The molecule has 5 heteroatoms. The molecule has 0 aromatic carbocycles. The Labute approximate surface area is 116 Å². The Balaban J connectivity index is 3.57. The van der Waals surface area contributed by atoms with Crippen molar-refractivity contribution in [3.8, 4) is 0 Å². The number of rotatable bonds is 11. The Kier molecular flexibility index (Phi) is 10.8. The smallest absolute Gasteiger partial charge is 0.302 e. The zero-order valence-electron chi connectivity index (χ0n) is 12.8. The first-order chi connectivity index (χ1) is 8.95. The van der Waals surface area contributed by atoms with Crippen LogP contribution in [0.1, 0.15) is 41.0 Å². The molecule has 0 aliphatic carbocycles. The molecule has 0 radical (unpaired) electrons. The van der Waals surface area contributed by atoms with E-state index in [1.54, 1.807) is 6.92 Å². The van der Waals surface area contributed by atoms with Crippen LogP contribution in [0.3, 0.4) is 0 Å². The van der Waals surface area contributed by atoms with Crippen LogP contribution < -0.4 is 0 Å². The molecule has 5 nitrogen and oxygen atoms in total. The molecule has 0 rings (SSSR count). The van der Waals surface area contributed by atoms with Crippen LogP contribution in [-0.2, 0) is 23.7 Å². The molecule has 0 saturated carbocycles. The zero-order valence-corrected chi connectivity index (χ0v) is 12.8. The second-order valence-electron chi connectivity index (χ2n) is 4.78. The summed E-state index contributed by atoms with van der Waals surface area (Å²) in [6, 6.07) is 0. The molecule has 0 N–H and O–H groups in total. The molecule has 3 atom stereocenters. The van der Waals surface area contributed by atoms with Gasteiger partial charge in [-0.25, -0.2) is 0 Å². The maximum Gasteiger partial charge on any atom is 0.302 e. The summed E-state index contributed by atoms with van der Waals surface area (Å²) in [6.07, 6.45) is 0.806. The predicted molar refractivity (Wildman–Crippen MR) is 73.2 cm³/mol. The van der Waals surface area contributed by atoms with Gasteiger partial charge in [-0.15, -0.1) is 0 Å². The van der Waals surface area contributed by atoms with Gasteiger partial charge in [0.15, 0.2) is 0 Å². The first-order valence-corrected chi connectivity index (χ1v) is 6.93. The highest BCUT2D eigenvalue weighted by Crippen LogP contribution is 2.01. The van der Waals surface area contributed by atoms with E-state index in [-0.39, 0.29) is 24.3 Å². The van der Waals surface area contributed by atoms with Crippen molar-refractivity contribution in [1.29, 1.82) is 0 Å². The van der Waals surface area contributed by atoms with Gasteiger partial charge in [0, 0.05) is 13.5 Å². The maximum absolute atomic E-state index is 10.7. The molecule has 19 heavy (non-hydrogen) atoms. The van der Waals surface area contributed by atoms with Crippen LogP contribution >= 0.6 is 0 Å². The van der Waals surface area contributed by atoms with Crippen molar-refractivity contribution in [2.75, 3.05) is 26.4 Å². The van der Waals surface area contributed by atoms with E-state index < -0.39 is 0 Å². The fraction of sp³-hybridized carbons (Fsp3) is 0.929. The standard InChI is InChI=1S/C14H28O5/c1-6-7-16-8-11(2)17-9-12(3)18-10-13(4)19-14(5)15/h11-13H,6-10H2,1-5H3. The van der Waals surface area contributed by atoms with Gasteiger partial charge >= 0.3 is 5.97 Å². The van der Waals surface area contributed by atoms with Gasteiger partial charge in [-0.1, -0.05) is 6.92 Å². The molecule has 0 amide bonds. The second-order valence-corrected chi connectivity index (χ2v) is 4.78. The molecule has 0 fully saturated rings. The summed E-state index contributed by atoms with van der Waals surface area (Å²) in [6.45, 7) is 11.4. The number of hydrogen-bond donors (Lipinski definition) is 0. The van der Waals surface area contributed by atoms with Crippen molar-refractivity contribution in [1.82, 2.24) is 0 Å². The molecule has 3 unspecified atom stereocenters. The molecular formula is C14H28O5. The third-order valence-electron chi connectivity index (χ3n) is 2.30. The Morgan fingerprint density at radius 3 is 2.00 bits per heavy atom. The van der Waals surface area contributed by atoms with Crippen LogP contribution in [0, 0.1) is 0 Å². The van der Waals surface area contributed by atoms with E-state index in [4.69, 9.17) is 18.9 Å². The summed E-state index contributed by atoms with van der Waals surface area (Å²) in [4.78, 5) is 10.7. The number of carbonyl (C=O) groups is 1. The molecule has 0 saturated heterocycles. The van der Waals surface area contributed by atoms with Gasteiger partial charge in [0.1, 0.15) is 6.10 Å². The highest BCUT2D eigenvalue weighted by atomic mass is 16.6. The molecule has 114 valence electrons. The predicted octanol–water partition coefficient (Wildman–Crippen LogP) is 2.17. The molecular weight excluding hydrogens is 248 g/mol. The molecule has 0 aromatic rings. The van der Waals surface area contributed by atoms with Crippen LogP contribution in [-0.4, -0.2) is 50.7 Å². The third-order valence-corrected chi connectivity index (χ3v) is 2.30. The highest BCUT2D eigenvalue weighted by molar-refractivity contribution is 5.66. The summed E-state index contributed by atoms with van der Waals surface area (Å²) in [5.74, 6) is -0.290. The van der Waals surface area contributed by atoms with Crippen molar-refractivity contribution in [2.45, 2.75) is 59.4 Å². The topological polar surface area (TPSA) is 54.0 Å². The molecule has 0 aliphatic rings. The Morgan fingerprint density at radius 1 is 0.947 bits per heavy atom. The van der Waals surface area contributed by atoms with Crippen LogP contribution in [0.2, 0.25) is 0 Å². The molecule has 0 heterocycles. The summed E-state index contributed by atoms with van der Waals surface area (Å²) < 4.78 is 21.5. The first kappa shape index (κ1) is 18.4. The average Bonchev–Trinajstić information content (AvgIpc) is 2.33. The van der Waals surface area contributed by atoms with Gasteiger partial charge in [-0.3, -0.25) is 4.79 Å². The number of carbonyl (C=O) groups excluding carboxylic acids is 1. The van der Waals surface area contributed by atoms with Gasteiger partial charge in [0.25, 0.3) is 0 Å². The minimum atomic E-state index is -0.290. The summed E-state index contributed by atoms with van der Waals surface area (Å²) >= 11 is 0. The van der Waals surface area contributed by atoms with Crippen molar-refractivity contribution in [3.63, 3.8) is 0 Å². The van der Waals surface area contributed by atoms with Gasteiger partial charge in [-0.05, 0) is 27.2 Å². The monoisotopic (exact) mass is 276 g/mol. The van der Waals surface area contributed by atoms with Crippen LogP contribution in [0.4, 0.5) is 0 Å². The largest absolute Gasteiger partial charge is 0.460 e. The molecule has 0 spiro atoms. The van der Waals surface area contributed by atoms with E-state index in [0.717, 1.165) is 13.0 Å². The number of esters is 1. The van der Waals surface area contributed by atoms with E-state index >= 15 is 0 Å². The zero-order chi connectivity index (χ0) is 14.7. The van der Waals surface area contributed by atoms with Gasteiger partial charge < -0.3 is 18.9 Å². The highest BCUT2D eigenvalue weighted by Gasteiger charge is 2.11. The second kappa shape index (κ2) is 11.2. The lowest BCUT2D eigenvalue weighted by Crippen LogP contribution is -2.27. The van der Waals surface area contributed by atoms with Crippen LogP contribution in [0.15, 0.2) is 0 Å². The number of ether oxygens (including phenoxy) is 4. The molecule has 0 bridgehead atoms. The lowest BCUT2D eigenvalue weighted by Gasteiger charge is -2.19. The lowest BCUT2D eigenvalue weighted by atomic mass is 10.4. The normalized spacial score (nSPS) is 15.8. The summed E-state index contributed by atoms with van der Waals surface area (Å²) in [7, 11) is 0. The minimum Gasteiger partial charge on any atom is -0.460 e.